The maximum atomic E-state index is 10.0. The van der Waals surface area contributed by atoms with Crippen molar-refractivity contribution in [3.05, 3.63) is 70.8 Å². The summed E-state index contributed by atoms with van der Waals surface area (Å²) in [5.41, 5.74) is 4.56. The number of benzene rings is 2. The minimum absolute atomic E-state index is 0.376. The molecule has 0 bridgehead atoms. The van der Waals surface area contributed by atoms with Crippen LogP contribution >= 0.6 is 0 Å². The van der Waals surface area contributed by atoms with Gasteiger partial charge in [0, 0.05) is 12.0 Å². The van der Waals surface area contributed by atoms with Crippen LogP contribution in [0.25, 0.3) is 0 Å². The zero-order valence-corrected chi connectivity index (χ0v) is 13.5. The van der Waals surface area contributed by atoms with E-state index in [4.69, 9.17) is 0 Å². The highest BCUT2D eigenvalue weighted by atomic mass is 16.3. The molecule has 2 aromatic rings. The summed E-state index contributed by atoms with van der Waals surface area (Å²) in [4.78, 5) is 0. The van der Waals surface area contributed by atoms with Gasteiger partial charge >= 0.3 is 0 Å². The molecule has 0 aliphatic heterocycles. The average Bonchev–Trinajstić information content (AvgIpc) is 2.54. The molecule has 0 heterocycles. The molecule has 0 aliphatic rings. The van der Waals surface area contributed by atoms with Gasteiger partial charge in [0.2, 0.25) is 0 Å². The van der Waals surface area contributed by atoms with Crippen molar-refractivity contribution in [1.29, 1.82) is 0 Å². The van der Waals surface area contributed by atoms with Gasteiger partial charge in [0.25, 0.3) is 0 Å². The second-order valence-electron chi connectivity index (χ2n) is 5.72. The zero-order valence-electron chi connectivity index (χ0n) is 13.5. The number of aliphatic hydroxyl groups excluding tert-OH is 1. The Balaban J connectivity index is 1.93. The first-order valence-corrected chi connectivity index (χ1v) is 8.01. The maximum Gasteiger partial charge on any atom is 0.0790 e. The molecule has 1 nitrogen and oxygen atoms in total. The normalized spacial score (nSPS) is 11.6. The van der Waals surface area contributed by atoms with E-state index >= 15 is 0 Å². The van der Waals surface area contributed by atoms with Crippen LogP contribution in [0.1, 0.15) is 54.5 Å². The Kier molecular flexibility index (Phi) is 6.25. The summed E-state index contributed by atoms with van der Waals surface area (Å²) in [6, 6.07) is 16.6. The minimum atomic E-state index is -0.376. The van der Waals surface area contributed by atoms with Crippen molar-refractivity contribution in [2.75, 3.05) is 0 Å². The topological polar surface area (TPSA) is 20.2 Å². The molecule has 2 rings (SSSR count). The molecule has 1 heteroatoms. The van der Waals surface area contributed by atoms with Crippen LogP contribution in [0, 0.1) is 18.8 Å². The van der Waals surface area contributed by atoms with Gasteiger partial charge in [0.1, 0.15) is 0 Å². The fourth-order valence-corrected chi connectivity index (χ4v) is 2.39. The second kappa shape index (κ2) is 8.41. The molecule has 0 aliphatic carbocycles. The number of aryl methyl sites for hydroxylation is 2. The van der Waals surface area contributed by atoms with Crippen molar-refractivity contribution in [3.8, 4) is 11.8 Å². The SMILES string of the molecule is CCCC(O)c1cccc(C#CCCc2ccc(C)cc2)c1. The predicted molar refractivity (Wildman–Crippen MR) is 92.7 cm³/mol. The lowest BCUT2D eigenvalue weighted by atomic mass is 10.0. The molecule has 1 N–H and O–H groups in total. The van der Waals surface area contributed by atoms with Crippen molar-refractivity contribution in [2.45, 2.75) is 45.6 Å². The Labute approximate surface area is 134 Å². The van der Waals surface area contributed by atoms with Crippen molar-refractivity contribution in [1.82, 2.24) is 0 Å². The summed E-state index contributed by atoms with van der Waals surface area (Å²) in [6.45, 7) is 4.18. The van der Waals surface area contributed by atoms with Gasteiger partial charge in [0.15, 0.2) is 0 Å². The predicted octanol–water partition coefficient (Wildman–Crippen LogP) is 4.81. The lowest BCUT2D eigenvalue weighted by molar-refractivity contribution is 0.166. The quantitative estimate of drug-likeness (QED) is 0.784. The highest BCUT2D eigenvalue weighted by Crippen LogP contribution is 2.18. The summed E-state index contributed by atoms with van der Waals surface area (Å²) in [6.07, 6.45) is 3.23. The highest BCUT2D eigenvalue weighted by molar-refractivity contribution is 5.38. The van der Waals surface area contributed by atoms with E-state index in [0.29, 0.717) is 0 Å². The van der Waals surface area contributed by atoms with Gasteiger partial charge < -0.3 is 5.11 Å². The van der Waals surface area contributed by atoms with E-state index in [1.807, 2.05) is 24.3 Å². The van der Waals surface area contributed by atoms with Gasteiger partial charge in [-0.3, -0.25) is 0 Å². The molecule has 0 spiro atoms. The van der Waals surface area contributed by atoms with Crippen LogP contribution in [0.2, 0.25) is 0 Å². The van der Waals surface area contributed by atoms with Crippen LogP contribution in [-0.2, 0) is 6.42 Å². The van der Waals surface area contributed by atoms with E-state index in [9.17, 15) is 5.11 Å². The van der Waals surface area contributed by atoms with E-state index in [0.717, 1.165) is 36.8 Å². The molecule has 1 unspecified atom stereocenters. The first-order chi connectivity index (χ1) is 10.7. The van der Waals surface area contributed by atoms with E-state index in [-0.39, 0.29) is 6.10 Å². The number of hydrogen-bond donors (Lipinski definition) is 1. The van der Waals surface area contributed by atoms with Crippen molar-refractivity contribution in [2.24, 2.45) is 0 Å². The van der Waals surface area contributed by atoms with Crippen LogP contribution in [0.5, 0.6) is 0 Å². The van der Waals surface area contributed by atoms with Crippen LogP contribution in [0.15, 0.2) is 48.5 Å². The monoisotopic (exact) mass is 292 g/mol. The fraction of sp³-hybridized carbons (Fsp3) is 0.333. The number of hydrogen-bond acceptors (Lipinski definition) is 1. The summed E-state index contributed by atoms with van der Waals surface area (Å²) in [7, 11) is 0. The van der Waals surface area contributed by atoms with E-state index in [1.54, 1.807) is 0 Å². The average molecular weight is 292 g/mol. The van der Waals surface area contributed by atoms with Crippen LogP contribution in [0.3, 0.4) is 0 Å². The smallest absolute Gasteiger partial charge is 0.0790 e. The highest BCUT2D eigenvalue weighted by Gasteiger charge is 2.05. The molecular formula is C21H24O. The van der Waals surface area contributed by atoms with Gasteiger partial charge in [-0.05, 0) is 43.0 Å². The number of aliphatic hydroxyl groups is 1. The van der Waals surface area contributed by atoms with E-state index < -0.39 is 0 Å². The maximum absolute atomic E-state index is 10.0. The summed E-state index contributed by atoms with van der Waals surface area (Å²) in [5, 5.41) is 10.0. The lowest BCUT2D eigenvalue weighted by Crippen LogP contribution is -1.96. The first-order valence-electron chi connectivity index (χ1n) is 8.01. The van der Waals surface area contributed by atoms with Crippen molar-refractivity contribution < 1.29 is 5.11 Å². The molecule has 1 atom stereocenters. The van der Waals surface area contributed by atoms with Gasteiger partial charge in [-0.25, -0.2) is 0 Å². The summed E-state index contributed by atoms with van der Waals surface area (Å²) < 4.78 is 0. The number of rotatable bonds is 5. The van der Waals surface area contributed by atoms with E-state index in [2.05, 4.69) is 50.0 Å². The Bertz CT molecular complexity index is 644. The summed E-state index contributed by atoms with van der Waals surface area (Å²) in [5.74, 6) is 6.43. The third kappa shape index (κ3) is 5.06. The summed E-state index contributed by atoms with van der Waals surface area (Å²) >= 11 is 0. The standard InChI is InChI=1S/C21H24O/c1-3-7-21(22)20-11-6-10-19(16-20)9-5-4-8-18-14-12-17(2)13-15-18/h6,10-16,21-22H,3-4,7-8H2,1-2H3. The second-order valence-corrected chi connectivity index (χ2v) is 5.72. The van der Waals surface area contributed by atoms with Crippen LogP contribution in [-0.4, -0.2) is 5.11 Å². The molecule has 0 saturated carbocycles. The molecule has 0 saturated heterocycles. The first kappa shape index (κ1) is 16.3. The lowest BCUT2D eigenvalue weighted by Gasteiger charge is -2.09. The Morgan fingerprint density at radius 1 is 1.09 bits per heavy atom. The Morgan fingerprint density at radius 3 is 2.59 bits per heavy atom. The minimum Gasteiger partial charge on any atom is -0.388 e. The molecule has 114 valence electrons. The molecule has 22 heavy (non-hydrogen) atoms. The van der Waals surface area contributed by atoms with Crippen LogP contribution < -0.4 is 0 Å². The third-order valence-corrected chi connectivity index (χ3v) is 3.73. The molecule has 0 fully saturated rings. The molecular weight excluding hydrogens is 268 g/mol. The molecule has 0 amide bonds. The van der Waals surface area contributed by atoms with E-state index in [1.165, 1.54) is 11.1 Å². The largest absolute Gasteiger partial charge is 0.388 e. The fourth-order valence-electron chi connectivity index (χ4n) is 2.39. The molecule has 0 radical (unpaired) electrons. The Hall–Kier alpha value is -2.04. The zero-order chi connectivity index (χ0) is 15.8. The molecule has 0 aromatic heterocycles. The molecule has 2 aromatic carbocycles. The van der Waals surface area contributed by atoms with Gasteiger partial charge in [-0.15, -0.1) is 0 Å². The Morgan fingerprint density at radius 2 is 1.86 bits per heavy atom. The van der Waals surface area contributed by atoms with Gasteiger partial charge in [-0.1, -0.05) is 67.1 Å². The van der Waals surface area contributed by atoms with Gasteiger partial charge in [0.05, 0.1) is 6.10 Å². The van der Waals surface area contributed by atoms with Gasteiger partial charge in [-0.2, -0.15) is 0 Å². The van der Waals surface area contributed by atoms with Crippen molar-refractivity contribution in [3.63, 3.8) is 0 Å². The van der Waals surface area contributed by atoms with Crippen LogP contribution in [0.4, 0.5) is 0 Å². The third-order valence-electron chi connectivity index (χ3n) is 3.73. The van der Waals surface area contributed by atoms with Crippen molar-refractivity contribution >= 4 is 0 Å².